The van der Waals surface area contributed by atoms with E-state index in [9.17, 15) is 4.79 Å². The van der Waals surface area contributed by atoms with E-state index in [0.29, 0.717) is 11.6 Å². The number of aromatic nitrogens is 2. The van der Waals surface area contributed by atoms with Gasteiger partial charge in [-0.25, -0.2) is 4.98 Å². The number of nitrogens with zero attached hydrogens (tertiary/aromatic N) is 4. The van der Waals surface area contributed by atoms with Crippen molar-refractivity contribution in [3.63, 3.8) is 0 Å². The maximum atomic E-state index is 12.4. The number of hydrogen-bond acceptors (Lipinski definition) is 5. The van der Waals surface area contributed by atoms with E-state index in [2.05, 4.69) is 27.0 Å². The molecule has 1 aliphatic rings. The summed E-state index contributed by atoms with van der Waals surface area (Å²) in [5.41, 5.74) is 5.51. The fourth-order valence-corrected chi connectivity index (χ4v) is 3.33. The van der Waals surface area contributed by atoms with Gasteiger partial charge in [0.2, 0.25) is 0 Å². The summed E-state index contributed by atoms with van der Waals surface area (Å²) in [6.07, 6.45) is 0.958. The van der Waals surface area contributed by atoms with Crippen LogP contribution in [0.1, 0.15) is 34.2 Å². The van der Waals surface area contributed by atoms with Gasteiger partial charge in [0.25, 0.3) is 5.91 Å². The lowest BCUT2D eigenvalue weighted by Gasteiger charge is -2.18. The predicted molar refractivity (Wildman–Crippen MR) is 88.7 cm³/mol. The van der Waals surface area contributed by atoms with Gasteiger partial charge in [0, 0.05) is 55.6 Å². The molecule has 2 aromatic heterocycles. The third-order valence-corrected chi connectivity index (χ3v) is 4.61. The average molecular weight is 316 g/mol. The third kappa shape index (κ3) is 2.97. The Balaban J connectivity index is 1.77. The summed E-state index contributed by atoms with van der Waals surface area (Å²) in [6, 6.07) is 4.21. The van der Waals surface area contributed by atoms with Gasteiger partial charge in [-0.15, -0.1) is 11.3 Å². The lowest BCUT2D eigenvalue weighted by molar-refractivity contribution is 0.0785. The maximum absolute atomic E-state index is 12.4. The molecule has 0 aromatic carbocycles. The highest BCUT2D eigenvalue weighted by Gasteiger charge is 2.29. The Morgan fingerprint density at radius 3 is 2.91 bits per heavy atom. The van der Waals surface area contributed by atoms with Gasteiger partial charge in [0.05, 0.1) is 5.51 Å². The monoisotopic (exact) mass is 316 g/mol. The Kier molecular flexibility index (Phi) is 4.11. The Morgan fingerprint density at radius 1 is 1.41 bits per heavy atom. The van der Waals surface area contributed by atoms with Crippen molar-refractivity contribution in [3.8, 4) is 0 Å². The molecule has 1 fully saturated rings. The van der Waals surface area contributed by atoms with Gasteiger partial charge in [-0.3, -0.25) is 9.78 Å². The second-order valence-corrected chi connectivity index (χ2v) is 6.62. The van der Waals surface area contributed by atoms with Crippen LogP contribution in [0.4, 0.5) is 5.69 Å². The number of hydrogen-bond donors (Lipinski definition) is 0. The van der Waals surface area contributed by atoms with Gasteiger partial charge >= 0.3 is 0 Å². The lowest BCUT2D eigenvalue weighted by atomic mass is 10.0. The van der Waals surface area contributed by atoms with Gasteiger partial charge in [-0.05, 0) is 25.5 Å². The van der Waals surface area contributed by atoms with Crippen LogP contribution in [-0.4, -0.2) is 48.0 Å². The number of thiazole rings is 1. The number of anilines is 1. The van der Waals surface area contributed by atoms with Crippen molar-refractivity contribution in [3.05, 3.63) is 40.1 Å². The molecule has 6 heteroatoms. The number of aryl methyl sites for hydroxylation is 1. The molecule has 0 saturated carbocycles. The Labute approximate surface area is 134 Å². The summed E-state index contributed by atoms with van der Waals surface area (Å²) < 4.78 is 0. The zero-order valence-corrected chi connectivity index (χ0v) is 13.9. The minimum atomic E-state index is 0.0317. The summed E-state index contributed by atoms with van der Waals surface area (Å²) in [7, 11) is 4.07. The van der Waals surface area contributed by atoms with E-state index < -0.39 is 0 Å². The minimum Gasteiger partial charge on any atom is -0.378 e. The van der Waals surface area contributed by atoms with Crippen molar-refractivity contribution >= 4 is 22.9 Å². The molecule has 116 valence electrons. The van der Waals surface area contributed by atoms with E-state index in [0.717, 1.165) is 36.6 Å². The Morgan fingerprint density at radius 2 is 2.23 bits per heavy atom. The fourth-order valence-electron chi connectivity index (χ4n) is 2.81. The van der Waals surface area contributed by atoms with Crippen LogP contribution in [-0.2, 0) is 0 Å². The number of carbonyl (C=O) groups is 1. The zero-order valence-electron chi connectivity index (χ0n) is 13.1. The van der Waals surface area contributed by atoms with Crippen LogP contribution in [0.3, 0.4) is 0 Å². The summed E-state index contributed by atoms with van der Waals surface area (Å²) in [4.78, 5) is 25.1. The number of carbonyl (C=O) groups excluding carboxylic acids is 1. The number of likely N-dealkylation sites (tertiary alicyclic amines) is 1. The topological polar surface area (TPSA) is 49.3 Å². The van der Waals surface area contributed by atoms with Crippen molar-refractivity contribution in [2.24, 2.45) is 0 Å². The van der Waals surface area contributed by atoms with E-state index in [1.165, 1.54) is 11.3 Å². The molecule has 0 bridgehead atoms. The van der Waals surface area contributed by atoms with Crippen molar-refractivity contribution in [2.45, 2.75) is 19.3 Å². The number of amides is 1. The first-order valence-electron chi connectivity index (χ1n) is 7.38. The van der Waals surface area contributed by atoms with Gasteiger partial charge in [0.15, 0.2) is 0 Å². The highest BCUT2D eigenvalue weighted by Crippen LogP contribution is 2.29. The van der Waals surface area contributed by atoms with E-state index >= 15 is 0 Å². The van der Waals surface area contributed by atoms with Crippen molar-refractivity contribution < 1.29 is 4.79 Å². The van der Waals surface area contributed by atoms with Crippen molar-refractivity contribution in [1.29, 1.82) is 0 Å². The van der Waals surface area contributed by atoms with Crippen LogP contribution < -0.4 is 4.90 Å². The van der Waals surface area contributed by atoms with Crippen LogP contribution in [0.15, 0.2) is 23.0 Å². The van der Waals surface area contributed by atoms with Crippen LogP contribution in [0, 0.1) is 6.92 Å². The lowest BCUT2D eigenvalue weighted by Crippen LogP contribution is -2.28. The van der Waals surface area contributed by atoms with Crippen LogP contribution in [0.25, 0.3) is 0 Å². The van der Waals surface area contributed by atoms with Crippen molar-refractivity contribution in [1.82, 2.24) is 14.9 Å². The minimum absolute atomic E-state index is 0.0317. The molecule has 22 heavy (non-hydrogen) atoms. The Bertz CT molecular complexity index is 669. The maximum Gasteiger partial charge on any atom is 0.273 e. The number of pyridine rings is 1. The molecule has 1 atom stereocenters. The molecule has 5 nitrogen and oxygen atoms in total. The molecule has 1 amide bonds. The molecule has 0 radical (unpaired) electrons. The average Bonchev–Trinajstić information content (AvgIpc) is 3.17. The third-order valence-electron chi connectivity index (χ3n) is 4.02. The molecule has 1 aliphatic heterocycles. The first-order valence-corrected chi connectivity index (χ1v) is 8.32. The van der Waals surface area contributed by atoms with Crippen LogP contribution in [0.5, 0.6) is 0 Å². The largest absolute Gasteiger partial charge is 0.378 e. The van der Waals surface area contributed by atoms with Gasteiger partial charge in [-0.1, -0.05) is 0 Å². The van der Waals surface area contributed by atoms with E-state index in [1.54, 1.807) is 5.51 Å². The molecule has 0 N–H and O–H groups in total. The summed E-state index contributed by atoms with van der Waals surface area (Å²) >= 11 is 1.45. The standard InChI is InChI=1S/C16H20N4OS/c1-11-6-13(19(2)3)7-14(18-11)12-4-5-20(8-12)16(21)15-9-22-10-17-15/h6-7,9-10,12H,4-5,8H2,1-3H3/t12-/m0/s1. The van der Waals surface area contributed by atoms with E-state index in [1.807, 2.05) is 31.3 Å². The first-order chi connectivity index (χ1) is 10.5. The number of rotatable bonds is 3. The van der Waals surface area contributed by atoms with Crippen LogP contribution >= 0.6 is 11.3 Å². The van der Waals surface area contributed by atoms with Crippen LogP contribution in [0.2, 0.25) is 0 Å². The molecule has 1 saturated heterocycles. The first kappa shape index (κ1) is 15.0. The van der Waals surface area contributed by atoms with E-state index in [4.69, 9.17) is 0 Å². The molecular weight excluding hydrogens is 296 g/mol. The molecule has 3 heterocycles. The fraction of sp³-hybridized carbons (Fsp3) is 0.438. The van der Waals surface area contributed by atoms with E-state index in [-0.39, 0.29) is 5.91 Å². The molecular formula is C16H20N4OS. The smallest absolute Gasteiger partial charge is 0.273 e. The zero-order chi connectivity index (χ0) is 15.7. The van der Waals surface area contributed by atoms with Crippen molar-refractivity contribution in [2.75, 3.05) is 32.1 Å². The molecule has 0 spiro atoms. The summed E-state index contributed by atoms with van der Waals surface area (Å²) in [5.74, 6) is 0.338. The van der Waals surface area contributed by atoms with Gasteiger partial charge in [-0.2, -0.15) is 0 Å². The summed E-state index contributed by atoms with van der Waals surface area (Å²) in [6.45, 7) is 3.51. The SMILES string of the molecule is Cc1cc(N(C)C)cc([C@H]2CCN(C(=O)c3cscn3)C2)n1. The quantitative estimate of drug-likeness (QED) is 0.873. The highest BCUT2D eigenvalue weighted by atomic mass is 32.1. The Hall–Kier alpha value is -1.95. The summed E-state index contributed by atoms with van der Waals surface area (Å²) in [5, 5.41) is 1.81. The molecule has 3 rings (SSSR count). The second-order valence-electron chi connectivity index (χ2n) is 5.90. The molecule has 0 unspecified atom stereocenters. The van der Waals surface area contributed by atoms with Gasteiger partial charge < -0.3 is 9.80 Å². The second kappa shape index (κ2) is 6.04. The van der Waals surface area contributed by atoms with Gasteiger partial charge in [0.1, 0.15) is 5.69 Å². The predicted octanol–water partition coefficient (Wildman–Crippen LogP) is 2.54. The highest BCUT2D eigenvalue weighted by molar-refractivity contribution is 7.07. The molecule has 0 aliphatic carbocycles. The normalized spacial score (nSPS) is 17.8. The molecule has 2 aromatic rings.